The van der Waals surface area contributed by atoms with Crippen LogP contribution in [0, 0.1) is 5.82 Å². The number of carbonyl (C=O) groups is 1. The quantitative estimate of drug-likeness (QED) is 0.584. The van der Waals surface area contributed by atoms with Gasteiger partial charge in [-0.05, 0) is 24.6 Å². The van der Waals surface area contributed by atoms with E-state index >= 15 is 0 Å². The van der Waals surface area contributed by atoms with Gasteiger partial charge in [0, 0.05) is 37.6 Å². The zero-order valence-corrected chi connectivity index (χ0v) is 18.0. The molecule has 1 fully saturated rings. The van der Waals surface area contributed by atoms with Crippen molar-refractivity contribution in [3.05, 3.63) is 52.8 Å². The molecule has 0 radical (unpaired) electrons. The van der Waals surface area contributed by atoms with Gasteiger partial charge in [0.1, 0.15) is 16.8 Å². The van der Waals surface area contributed by atoms with Gasteiger partial charge in [-0.1, -0.05) is 11.6 Å². The average molecular weight is 491 g/mol. The second kappa shape index (κ2) is 8.28. The molecule has 4 rings (SSSR count). The lowest BCUT2D eigenvalue weighted by atomic mass is 10.1. The number of benzene rings is 1. The van der Waals surface area contributed by atoms with Crippen molar-refractivity contribution in [3.8, 4) is 10.6 Å². The monoisotopic (exact) mass is 490 g/mol. The molecule has 3 atom stereocenters. The number of likely N-dealkylation sites (N-methyl/N-ethyl adjacent to an activating group) is 1. The summed E-state index contributed by atoms with van der Waals surface area (Å²) in [6, 6.07) is -3.27. The average Bonchev–Trinajstić information content (AvgIpc) is 3.42. The number of aromatic nitrogens is 3. The fourth-order valence-electron chi connectivity index (χ4n) is 2.63. The second-order valence-corrected chi connectivity index (χ2v) is 9.31. The Morgan fingerprint density at radius 1 is 1.52 bits per heavy atom. The van der Waals surface area contributed by atoms with Gasteiger partial charge in [-0.2, -0.15) is 17.4 Å². The van der Waals surface area contributed by atoms with Crippen molar-refractivity contribution in [1.29, 1.82) is 0 Å². The number of nitrogens with zero attached hydrogens (tertiary/aromatic N) is 4. The molecule has 9 nitrogen and oxygen atoms in total. The maximum absolute atomic E-state index is 13.5. The molecule has 1 amide bonds. The number of amides is 1. The maximum Gasteiger partial charge on any atom is 0.280 e. The Balaban J connectivity index is 1.82. The normalized spacial score (nSPS) is 31.5. The summed E-state index contributed by atoms with van der Waals surface area (Å²) in [7, 11) is -3.54. The number of nitrogens with one attached hydrogen (secondary N) is 2. The van der Waals surface area contributed by atoms with E-state index < -0.39 is 56.7 Å². The number of halogens is 2. The van der Waals surface area contributed by atoms with Crippen molar-refractivity contribution in [2.45, 2.75) is 18.4 Å². The topological polar surface area (TPSA) is 109 Å². The van der Waals surface area contributed by atoms with Crippen LogP contribution in [0.2, 0.25) is 5.02 Å². The summed E-state index contributed by atoms with van der Waals surface area (Å²) in [6.07, 6.45) is 2.02. The highest BCUT2D eigenvalue weighted by Gasteiger charge is 2.41. The first-order valence-electron chi connectivity index (χ1n) is 11.6. The van der Waals surface area contributed by atoms with Gasteiger partial charge in [0.15, 0.2) is 0 Å². The summed E-state index contributed by atoms with van der Waals surface area (Å²) in [4.78, 5) is 21.9. The summed E-state index contributed by atoms with van der Waals surface area (Å²) in [5.74, 6) is -2.40. The van der Waals surface area contributed by atoms with E-state index in [1.807, 2.05) is 4.72 Å². The zero-order chi connectivity index (χ0) is 27.6. The molecule has 1 aromatic carbocycles. The van der Waals surface area contributed by atoms with Crippen LogP contribution in [0.15, 0.2) is 36.9 Å². The third-order valence-electron chi connectivity index (χ3n) is 4.08. The smallest absolute Gasteiger partial charge is 0.280 e. The molecular weight excluding hydrogens is 467 g/mol. The van der Waals surface area contributed by atoms with Gasteiger partial charge in [0.2, 0.25) is 5.91 Å². The van der Waals surface area contributed by atoms with E-state index in [1.54, 1.807) is 17.8 Å². The fourth-order valence-corrected chi connectivity index (χ4v) is 4.64. The van der Waals surface area contributed by atoms with E-state index in [0.29, 0.717) is 10.6 Å². The van der Waals surface area contributed by atoms with Crippen LogP contribution in [0.4, 0.5) is 10.1 Å². The standard InChI is InChI=1S/C18H18ClFN6O3S2/c1-25-8-14(22-9-25)16-7-21-18(30-16)13-6-15(26(2)31(28,29)24-13)17(27)23-10-3-4-12(20)11(19)5-10/h3-5,7-9,13,15,24H,6H2,1-2H3,(H,23,27)/i2D3,6D,13D,15D. The van der Waals surface area contributed by atoms with Crippen molar-refractivity contribution in [1.82, 2.24) is 23.6 Å². The van der Waals surface area contributed by atoms with E-state index in [4.69, 9.17) is 19.8 Å². The lowest BCUT2D eigenvalue weighted by molar-refractivity contribution is -0.120. The highest BCUT2D eigenvalue weighted by Crippen LogP contribution is 2.34. The predicted molar refractivity (Wildman–Crippen MR) is 115 cm³/mol. The van der Waals surface area contributed by atoms with Crippen molar-refractivity contribution < 1.29 is 25.8 Å². The van der Waals surface area contributed by atoms with Crippen LogP contribution in [0.5, 0.6) is 0 Å². The van der Waals surface area contributed by atoms with Crippen molar-refractivity contribution in [3.63, 3.8) is 0 Å². The van der Waals surface area contributed by atoms with Crippen LogP contribution in [-0.2, 0) is 22.1 Å². The number of carbonyl (C=O) groups excluding carboxylic acids is 1. The van der Waals surface area contributed by atoms with Crippen LogP contribution in [0.25, 0.3) is 10.6 Å². The molecule has 31 heavy (non-hydrogen) atoms. The van der Waals surface area contributed by atoms with Crippen LogP contribution < -0.4 is 10.0 Å². The van der Waals surface area contributed by atoms with Gasteiger partial charge in [-0.25, -0.2) is 14.4 Å². The summed E-state index contributed by atoms with van der Waals surface area (Å²) in [5.41, 5.74) is 0.237. The van der Waals surface area contributed by atoms with Gasteiger partial charge in [-0.3, -0.25) is 4.79 Å². The SMILES string of the molecule is [2H]C1C([2H])(c2ncc(-c3cn(C)cn3)s2)NS(=O)(=O)N(C([2H])([2H])[2H])C1([2H])C(=O)Nc1ccc(F)c(Cl)c1. The van der Waals surface area contributed by atoms with Crippen LogP contribution in [-0.4, -0.2) is 46.2 Å². The number of aryl methyl sites for hydroxylation is 1. The third-order valence-corrected chi connectivity index (χ3v) is 6.58. The van der Waals surface area contributed by atoms with Crippen LogP contribution >= 0.6 is 22.9 Å². The lowest BCUT2D eigenvalue weighted by Crippen LogP contribution is -2.55. The largest absolute Gasteiger partial charge is 0.340 e. The Morgan fingerprint density at radius 2 is 2.32 bits per heavy atom. The molecule has 3 heterocycles. The molecule has 1 aliphatic rings. The minimum atomic E-state index is -5.26. The van der Waals surface area contributed by atoms with E-state index in [0.717, 1.165) is 29.5 Å². The van der Waals surface area contributed by atoms with Crippen LogP contribution in [0.3, 0.4) is 0 Å². The van der Waals surface area contributed by atoms with E-state index in [-0.39, 0.29) is 10.7 Å². The number of hydrogen-bond acceptors (Lipinski definition) is 6. The minimum Gasteiger partial charge on any atom is -0.340 e. The molecule has 2 N–H and O–H groups in total. The van der Waals surface area contributed by atoms with Crippen molar-refractivity contribution >= 4 is 44.7 Å². The van der Waals surface area contributed by atoms with E-state index in [2.05, 4.69) is 15.3 Å². The van der Waals surface area contributed by atoms with E-state index in [9.17, 15) is 17.6 Å². The zero-order valence-electron chi connectivity index (χ0n) is 21.6. The molecule has 3 unspecified atom stereocenters. The molecule has 13 heteroatoms. The Bertz CT molecular complexity index is 1490. The van der Waals surface area contributed by atoms with Gasteiger partial charge in [0.25, 0.3) is 10.2 Å². The molecular formula is C18H18ClFN6O3S2. The highest BCUT2D eigenvalue weighted by molar-refractivity contribution is 7.87. The van der Waals surface area contributed by atoms with Gasteiger partial charge >= 0.3 is 0 Å². The number of thiazole rings is 1. The summed E-state index contributed by atoms with van der Waals surface area (Å²) in [6.45, 7) is -3.60. The molecule has 0 spiro atoms. The third kappa shape index (κ3) is 4.48. The summed E-state index contributed by atoms with van der Waals surface area (Å²) >= 11 is 6.50. The fraction of sp³-hybridized carbons (Fsp3) is 0.278. The molecule has 0 saturated carbocycles. The Kier molecular flexibility index (Phi) is 4.12. The number of rotatable bonds is 4. The molecule has 2 aromatic heterocycles. The Morgan fingerprint density at radius 3 is 3.00 bits per heavy atom. The molecule has 164 valence electrons. The summed E-state index contributed by atoms with van der Waals surface area (Å²) in [5, 5.41) is 1.38. The van der Waals surface area contributed by atoms with Gasteiger partial charge in [0.05, 0.1) is 30.7 Å². The predicted octanol–water partition coefficient (Wildman–Crippen LogP) is 2.55. The molecule has 3 aromatic rings. The summed E-state index contributed by atoms with van der Waals surface area (Å²) < 4.78 is 92.4. The first-order chi connectivity index (χ1) is 17.0. The first kappa shape index (κ1) is 15.4. The van der Waals surface area contributed by atoms with Crippen molar-refractivity contribution in [2.75, 3.05) is 12.3 Å². The van der Waals surface area contributed by atoms with Gasteiger partial charge < -0.3 is 9.88 Å². The highest BCUT2D eigenvalue weighted by atomic mass is 35.5. The molecule has 0 bridgehead atoms. The lowest BCUT2D eigenvalue weighted by Gasteiger charge is -2.35. The number of imidazole rings is 1. The van der Waals surface area contributed by atoms with Gasteiger partial charge in [-0.15, -0.1) is 11.3 Å². The number of anilines is 1. The Labute approximate surface area is 195 Å². The van der Waals surface area contributed by atoms with Crippen LogP contribution in [0.1, 0.15) is 25.6 Å². The maximum atomic E-state index is 13.5. The number of hydrogen-bond donors (Lipinski definition) is 2. The van der Waals surface area contributed by atoms with Crippen molar-refractivity contribution in [2.24, 2.45) is 7.05 Å². The first-order valence-corrected chi connectivity index (χ1v) is 11.1. The molecule has 0 aliphatic carbocycles. The minimum absolute atomic E-state index is 0.195. The Hall–Kier alpha value is -2.38. The molecule has 1 aliphatic heterocycles. The second-order valence-electron chi connectivity index (χ2n) is 6.35. The van der Waals surface area contributed by atoms with E-state index in [1.165, 1.54) is 12.5 Å². The molecule has 1 saturated heterocycles.